The average Bonchev–Trinajstić information content (AvgIpc) is 2.47. The Kier molecular flexibility index (Phi) is 6.14. The summed E-state index contributed by atoms with van der Waals surface area (Å²) < 4.78 is 14.5. The van der Waals surface area contributed by atoms with E-state index in [-0.39, 0.29) is 12.4 Å². The van der Waals surface area contributed by atoms with Crippen LogP contribution in [0.3, 0.4) is 0 Å². The van der Waals surface area contributed by atoms with Crippen LogP contribution in [0.15, 0.2) is 18.2 Å². The molecule has 0 aromatic heterocycles. The largest absolute Gasteiger partial charge is 0.506 e. The zero-order valence-corrected chi connectivity index (χ0v) is 11.6. The van der Waals surface area contributed by atoms with Crippen molar-refractivity contribution in [3.05, 3.63) is 29.3 Å². The van der Waals surface area contributed by atoms with E-state index in [4.69, 9.17) is 9.47 Å². The third-order valence-electron chi connectivity index (χ3n) is 2.42. The molecule has 0 aliphatic heterocycles. The number of carbonyl (C=O) groups excluding carboxylic acids is 1. The van der Waals surface area contributed by atoms with E-state index in [0.717, 1.165) is 0 Å². The van der Waals surface area contributed by atoms with Gasteiger partial charge in [-0.15, -0.1) is 0 Å². The van der Waals surface area contributed by atoms with Crippen LogP contribution < -0.4 is 4.74 Å². The van der Waals surface area contributed by atoms with Gasteiger partial charge in [0, 0.05) is 13.2 Å². The number of phenols is 1. The van der Waals surface area contributed by atoms with Crippen molar-refractivity contribution >= 4 is 12.0 Å². The Morgan fingerprint density at radius 3 is 2.70 bits per heavy atom. The van der Waals surface area contributed by atoms with Crippen molar-refractivity contribution in [2.75, 3.05) is 27.9 Å². The number of phenolic OH excluding ortho intramolecular Hbond substituents is 1. The Bertz CT molecular complexity index is 564. The van der Waals surface area contributed by atoms with Gasteiger partial charge in [0.2, 0.25) is 0 Å². The van der Waals surface area contributed by atoms with E-state index in [0.29, 0.717) is 16.9 Å². The highest BCUT2D eigenvalue weighted by atomic mass is 16.5. The number of rotatable bonds is 4. The summed E-state index contributed by atoms with van der Waals surface area (Å²) in [5, 5.41) is 10.2. The van der Waals surface area contributed by atoms with E-state index in [1.807, 2.05) is 0 Å². The minimum Gasteiger partial charge on any atom is -0.506 e. The third-order valence-corrected chi connectivity index (χ3v) is 2.42. The number of carbonyl (C=O) groups is 1. The summed E-state index contributed by atoms with van der Waals surface area (Å²) in [4.78, 5) is 11.1. The third kappa shape index (κ3) is 4.04. The molecule has 0 saturated heterocycles. The number of hydrogen-bond donors (Lipinski definition) is 1. The lowest BCUT2D eigenvalue weighted by molar-refractivity contribution is -0.134. The van der Waals surface area contributed by atoms with Crippen LogP contribution in [0.5, 0.6) is 11.5 Å². The summed E-state index contributed by atoms with van der Waals surface area (Å²) in [5.41, 5.74) is 0.787. The van der Waals surface area contributed by atoms with Crippen molar-refractivity contribution in [2.24, 2.45) is 0 Å². The molecule has 1 aromatic rings. The smallest absolute Gasteiger partial charge is 0.330 e. The SMILES string of the molecule is COCC#Cc1ccc(OC)c(C=CC(=O)OC)c1O. The maximum Gasteiger partial charge on any atom is 0.330 e. The Morgan fingerprint density at radius 1 is 1.35 bits per heavy atom. The average molecular weight is 276 g/mol. The molecule has 0 unspecified atom stereocenters. The fourth-order valence-corrected chi connectivity index (χ4v) is 1.45. The predicted octanol–water partition coefficient (Wildman–Crippen LogP) is 1.58. The monoisotopic (exact) mass is 276 g/mol. The molecule has 0 amide bonds. The maximum absolute atomic E-state index is 11.1. The van der Waals surface area contributed by atoms with Crippen molar-refractivity contribution in [2.45, 2.75) is 0 Å². The first-order valence-electron chi connectivity index (χ1n) is 5.77. The summed E-state index contributed by atoms with van der Waals surface area (Å²) >= 11 is 0. The lowest BCUT2D eigenvalue weighted by Crippen LogP contribution is -1.95. The summed E-state index contributed by atoms with van der Waals surface area (Å²) in [6, 6.07) is 3.29. The molecular formula is C15H16O5. The molecule has 0 atom stereocenters. The topological polar surface area (TPSA) is 65.0 Å². The molecule has 1 rings (SSSR count). The van der Waals surface area contributed by atoms with Gasteiger partial charge in [0.1, 0.15) is 18.1 Å². The normalized spacial score (nSPS) is 9.95. The van der Waals surface area contributed by atoms with Crippen molar-refractivity contribution in [1.82, 2.24) is 0 Å². The van der Waals surface area contributed by atoms with Crippen LogP contribution in [0.4, 0.5) is 0 Å². The molecule has 0 aliphatic rings. The molecular weight excluding hydrogens is 260 g/mol. The Labute approximate surface area is 117 Å². The molecule has 0 fully saturated rings. The fraction of sp³-hybridized carbons (Fsp3) is 0.267. The van der Waals surface area contributed by atoms with E-state index in [1.54, 1.807) is 12.1 Å². The van der Waals surface area contributed by atoms with E-state index in [1.165, 1.54) is 33.5 Å². The molecule has 0 radical (unpaired) electrons. The van der Waals surface area contributed by atoms with Crippen LogP contribution in [-0.2, 0) is 14.3 Å². The molecule has 0 bridgehead atoms. The first-order valence-corrected chi connectivity index (χ1v) is 5.77. The van der Waals surface area contributed by atoms with Crippen LogP contribution >= 0.6 is 0 Å². The van der Waals surface area contributed by atoms with E-state index in [9.17, 15) is 9.90 Å². The summed E-state index contributed by atoms with van der Waals surface area (Å²) in [6.07, 6.45) is 2.62. The highest BCUT2D eigenvalue weighted by Crippen LogP contribution is 2.32. The van der Waals surface area contributed by atoms with Gasteiger partial charge in [0.15, 0.2) is 0 Å². The quantitative estimate of drug-likeness (QED) is 0.514. The van der Waals surface area contributed by atoms with Crippen LogP contribution in [0, 0.1) is 11.8 Å². The minimum absolute atomic E-state index is 0.0619. The van der Waals surface area contributed by atoms with Crippen LogP contribution in [0.25, 0.3) is 6.08 Å². The molecule has 0 aliphatic carbocycles. The number of methoxy groups -OCH3 is 3. The summed E-state index contributed by atoms with van der Waals surface area (Å²) in [7, 11) is 4.28. The van der Waals surface area contributed by atoms with Crippen LogP contribution in [0.1, 0.15) is 11.1 Å². The second-order valence-electron chi connectivity index (χ2n) is 3.67. The fourth-order valence-electron chi connectivity index (χ4n) is 1.45. The van der Waals surface area contributed by atoms with Crippen molar-refractivity contribution in [3.8, 4) is 23.3 Å². The summed E-state index contributed by atoms with van der Waals surface area (Å²) in [5.74, 6) is 5.36. The first kappa shape index (κ1) is 15.6. The second-order valence-corrected chi connectivity index (χ2v) is 3.67. The van der Waals surface area contributed by atoms with Gasteiger partial charge >= 0.3 is 5.97 Å². The van der Waals surface area contributed by atoms with Crippen molar-refractivity contribution in [1.29, 1.82) is 0 Å². The summed E-state index contributed by atoms with van der Waals surface area (Å²) in [6.45, 7) is 0.263. The molecule has 20 heavy (non-hydrogen) atoms. The van der Waals surface area contributed by atoms with Gasteiger partial charge in [-0.2, -0.15) is 0 Å². The van der Waals surface area contributed by atoms with Gasteiger partial charge < -0.3 is 19.3 Å². The van der Waals surface area contributed by atoms with Gasteiger partial charge in [-0.25, -0.2) is 4.79 Å². The Morgan fingerprint density at radius 2 is 2.10 bits per heavy atom. The number of hydrogen-bond acceptors (Lipinski definition) is 5. The molecule has 5 nitrogen and oxygen atoms in total. The van der Waals surface area contributed by atoms with Crippen LogP contribution in [-0.4, -0.2) is 39.0 Å². The predicted molar refractivity (Wildman–Crippen MR) is 74.5 cm³/mol. The second kappa shape index (κ2) is 7.87. The standard InChI is InChI=1S/C15H16O5/c1-18-10-4-5-11-6-8-13(19-2)12(15(11)17)7-9-14(16)20-3/h6-9,17H,10H2,1-3H3. The lowest BCUT2D eigenvalue weighted by Gasteiger charge is -2.08. The molecule has 0 heterocycles. The maximum atomic E-state index is 11.1. The number of esters is 1. The highest BCUT2D eigenvalue weighted by Gasteiger charge is 2.10. The van der Waals surface area contributed by atoms with Gasteiger partial charge in [0.05, 0.1) is 25.3 Å². The molecule has 0 spiro atoms. The number of benzene rings is 1. The van der Waals surface area contributed by atoms with Crippen molar-refractivity contribution < 1.29 is 24.1 Å². The zero-order valence-electron chi connectivity index (χ0n) is 11.6. The molecule has 1 N–H and O–H groups in total. The van der Waals surface area contributed by atoms with Crippen molar-refractivity contribution in [3.63, 3.8) is 0 Å². The molecule has 0 saturated carbocycles. The molecule has 5 heteroatoms. The Balaban J connectivity index is 3.19. The highest BCUT2D eigenvalue weighted by molar-refractivity contribution is 5.88. The number of aromatic hydroxyl groups is 1. The van der Waals surface area contributed by atoms with E-state index < -0.39 is 5.97 Å². The number of ether oxygens (including phenoxy) is 3. The van der Waals surface area contributed by atoms with Gasteiger partial charge in [0.25, 0.3) is 0 Å². The Hall–Kier alpha value is -2.45. The first-order chi connectivity index (χ1) is 9.63. The van der Waals surface area contributed by atoms with Gasteiger partial charge in [-0.05, 0) is 18.2 Å². The van der Waals surface area contributed by atoms with E-state index >= 15 is 0 Å². The van der Waals surface area contributed by atoms with E-state index in [2.05, 4.69) is 16.6 Å². The van der Waals surface area contributed by atoms with Gasteiger partial charge in [-0.3, -0.25) is 0 Å². The van der Waals surface area contributed by atoms with Crippen LogP contribution in [0.2, 0.25) is 0 Å². The zero-order chi connectivity index (χ0) is 15.0. The molecule has 106 valence electrons. The molecule has 1 aromatic carbocycles. The van der Waals surface area contributed by atoms with Gasteiger partial charge in [-0.1, -0.05) is 11.8 Å². The lowest BCUT2D eigenvalue weighted by atomic mass is 10.1. The minimum atomic E-state index is -0.526.